The quantitative estimate of drug-likeness (QED) is 0.341. The van der Waals surface area contributed by atoms with E-state index in [0.29, 0.717) is 5.39 Å². The minimum atomic E-state index is 0. The van der Waals surface area contributed by atoms with Crippen LogP contribution in [0.5, 0.6) is 0 Å². The topological polar surface area (TPSA) is 56.9 Å². The zero-order valence-corrected chi connectivity index (χ0v) is 17.5. The van der Waals surface area contributed by atoms with E-state index in [2.05, 4.69) is 27.8 Å². The highest BCUT2D eigenvalue weighted by atomic mass is 35.5. The fourth-order valence-electron chi connectivity index (χ4n) is 3.11. The number of nitrogens with one attached hydrogen (secondary N) is 3. The van der Waals surface area contributed by atoms with Gasteiger partial charge in [0.05, 0.1) is 5.52 Å². The van der Waals surface area contributed by atoms with Gasteiger partial charge < -0.3 is 15.6 Å². The maximum absolute atomic E-state index is 12.1. The molecule has 0 aliphatic carbocycles. The van der Waals surface area contributed by atoms with Gasteiger partial charge in [0.1, 0.15) is 5.82 Å². The highest BCUT2D eigenvalue weighted by molar-refractivity contribution is 7.19. The number of anilines is 1. The zero-order chi connectivity index (χ0) is 18.6. The second-order valence-corrected chi connectivity index (χ2v) is 7.99. The Morgan fingerprint density at radius 2 is 1.86 bits per heavy atom. The normalized spacial score (nSPS) is 10.9. The van der Waals surface area contributed by atoms with Gasteiger partial charge in [-0.05, 0) is 43.3 Å². The molecule has 0 saturated heterocycles. The Morgan fingerprint density at radius 3 is 2.71 bits per heavy atom. The minimum absolute atomic E-state index is 0. The van der Waals surface area contributed by atoms with Crippen LogP contribution in [-0.2, 0) is 6.54 Å². The molecule has 146 valence electrons. The summed E-state index contributed by atoms with van der Waals surface area (Å²) in [6, 6.07) is 17.4. The second kappa shape index (κ2) is 9.43. The van der Waals surface area contributed by atoms with Crippen LogP contribution in [0.1, 0.15) is 11.3 Å². The van der Waals surface area contributed by atoms with Gasteiger partial charge in [-0.25, -0.2) is 0 Å². The first-order chi connectivity index (χ1) is 13.2. The predicted molar refractivity (Wildman–Crippen MR) is 123 cm³/mol. The highest BCUT2D eigenvalue weighted by Crippen LogP contribution is 2.30. The predicted octanol–water partition coefficient (Wildman–Crippen LogP) is 5.41. The fourth-order valence-corrected chi connectivity index (χ4v) is 4.45. The van der Waals surface area contributed by atoms with Crippen molar-refractivity contribution in [2.24, 2.45) is 0 Å². The van der Waals surface area contributed by atoms with Gasteiger partial charge in [-0.15, -0.1) is 23.7 Å². The van der Waals surface area contributed by atoms with Crippen LogP contribution in [0.3, 0.4) is 0 Å². The molecule has 2 aromatic heterocycles. The van der Waals surface area contributed by atoms with E-state index in [1.165, 1.54) is 9.58 Å². The van der Waals surface area contributed by atoms with E-state index in [4.69, 9.17) is 11.6 Å². The molecule has 0 atom stereocenters. The Bertz CT molecular complexity index is 1140. The standard InChI is InChI=1S/C21H20ClN3OS.ClH/c22-17-6-3-8-20-16(17)11-14(27-20)13-23-9-4-10-24-21-12-19(26)15-5-1-2-7-18(15)25-21;/h1-3,5-8,11-12,23H,4,9-10,13H2,(H2,24,25,26);1H. The number of hydrogen-bond acceptors (Lipinski definition) is 4. The van der Waals surface area contributed by atoms with Gasteiger partial charge in [0.15, 0.2) is 5.43 Å². The third kappa shape index (κ3) is 4.67. The number of hydrogen-bond donors (Lipinski definition) is 3. The molecule has 0 amide bonds. The van der Waals surface area contributed by atoms with Gasteiger partial charge >= 0.3 is 0 Å². The summed E-state index contributed by atoms with van der Waals surface area (Å²) < 4.78 is 1.22. The average Bonchev–Trinajstić information content (AvgIpc) is 3.09. The van der Waals surface area contributed by atoms with Gasteiger partial charge in [-0.3, -0.25) is 4.79 Å². The lowest BCUT2D eigenvalue weighted by Crippen LogP contribution is -2.17. The van der Waals surface area contributed by atoms with Gasteiger partial charge in [0.25, 0.3) is 0 Å². The second-order valence-electron chi connectivity index (χ2n) is 6.41. The van der Waals surface area contributed by atoms with Gasteiger partial charge in [0, 0.05) is 44.5 Å². The van der Waals surface area contributed by atoms with Crippen molar-refractivity contribution in [1.82, 2.24) is 10.3 Å². The fraction of sp³-hybridized carbons (Fsp3) is 0.190. The van der Waals surface area contributed by atoms with E-state index in [9.17, 15) is 4.79 Å². The summed E-state index contributed by atoms with van der Waals surface area (Å²) in [7, 11) is 0. The molecule has 2 heterocycles. The number of fused-ring (bicyclic) bond motifs is 2. The van der Waals surface area contributed by atoms with E-state index < -0.39 is 0 Å². The van der Waals surface area contributed by atoms with Crippen LogP contribution < -0.4 is 16.1 Å². The molecule has 0 radical (unpaired) electrons. The SMILES string of the molecule is Cl.O=c1cc(NCCCNCc2cc3c(Cl)cccc3s2)[nH]c2ccccc12. The molecule has 0 aliphatic heterocycles. The molecule has 4 aromatic rings. The number of halogens is 2. The van der Waals surface area contributed by atoms with Crippen molar-refractivity contribution in [2.75, 3.05) is 18.4 Å². The smallest absolute Gasteiger partial charge is 0.191 e. The summed E-state index contributed by atoms with van der Waals surface area (Å²) in [5.74, 6) is 0.762. The highest BCUT2D eigenvalue weighted by Gasteiger charge is 2.04. The first kappa shape index (κ1) is 20.7. The molecular formula is C21H21Cl2N3OS. The molecule has 0 fully saturated rings. The molecule has 0 bridgehead atoms. The van der Waals surface area contributed by atoms with Gasteiger partial charge in [0.2, 0.25) is 0 Å². The number of H-pyrrole nitrogens is 1. The maximum Gasteiger partial charge on any atom is 0.191 e. The number of rotatable bonds is 7. The molecule has 0 unspecified atom stereocenters. The maximum atomic E-state index is 12.1. The van der Waals surface area contributed by atoms with Crippen molar-refractivity contribution in [3.63, 3.8) is 0 Å². The van der Waals surface area contributed by atoms with Crippen LogP contribution in [0.25, 0.3) is 21.0 Å². The van der Waals surface area contributed by atoms with Crippen LogP contribution in [0.15, 0.2) is 59.4 Å². The van der Waals surface area contributed by atoms with Crippen LogP contribution in [0.2, 0.25) is 5.02 Å². The summed E-state index contributed by atoms with van der Waals surface area (Å²) in [6.45, 7) is 2.52. The zero-order valence-electron chi connectivity index (χ0n) is 15.1. The summed E-state index contributed by atoms with van der Waals surface area (Å²) >= 11 is 8.00. The number of benzene rings is 2. The minimum Gasteiger partial charge on any atom is -0.371 e. The van der Waals surface area contributed by atoms with Crippen LogP contribution in [0.4, 0.5) is 5.82 Å². The molecule has 4 nitrogen and oxygen atoms in total. The molecular weight excluding hydrogens is 413 g/mol. The van der Waals surface area contributed by atoms with Crippen LogP contribution in [0, 0.1) is 0 Å². The van der Waals surface area contributed by atoms with Crippen molar-refractivity contribution in [3.8, 4) is 0 Å². The Kier molecular flexibility index (Phi) is 6.97. The Labute approximate surface area is 178 Å². The first-order valence-electron chi connectivity index (χ1n) is 8.94. The van der Waals surface area contributed by atoms with Crippen LogP contribution in [-0.4, -0.2) is 18.1 Å². The Hall–Kier alpha value is -2.05. The Balaban J connectivity index is 0.00000225. The summed E-state index contributed by atoms with van der Waals surface area (Å²) in [5.41, 5.74) is 0.891. The Morgan fingerprint density at radius 1 is 1.00 bits per heavy atom. The molecule has 28 heavy (non-hydrogen) atoms. The van der Waals surface area contributed by atoms with E-state index in [0.717, 1.165) is 47.8 Å². The van der Waals surface area contributed by atoms with Crippen molar-refractivity contribution >= 4 is 62.2 Å². The molecule has 2 aromatic carbocycles. The summed E-state index contributed by atoms with van der Waals surface area (Å²) in [4.78, 5) is 16.7. The molecule has 0 saturated carbocycles. The average molecular weight is 434 g/mol. The monoisotopic (exact) mass is 433 g/mol. The molecule has 4 rings (SSSR count). The summed E-state index contributed by atoms with van der Waals surface area (Å²) in [5, 5.41) is 9.41. The van der Waals surface area contributed by atoms with Crippen LogP contribution >= 0.6 is 35.3 Å². The molecule has 0 spiro atoms. The van der Waals surface area contributed by atoms with E-state index in [-0.39, 0.29) is 17.8 Å². The molecule has 7 heteroatoms. The van der Waals surface area contributed by atoms with E-state index in [1.54, 1.807) is 17.4 Å². The third-order valence-electron chi connectivity index (χ3n) is 4.44. The lowest BCUT2D eigenvalue weighted by atomic mass is 10.2. The number of aromatic nitrogens is 1. The van der Waals surface area contributed by atoms with Crippen molar-refractivity contribution < 1.29 is 0 Å². The van der Waals surface area contributed by atoms with E-state index in [1.807, 2.05) is 36.4 Å². The largest absolute Gasteiger partial charge is 0.371 e. The number of para-hydroxylation sites is 1. The third-order valence-corrected chi connectivity index (χ3v) is 5.87. The van der Waals surface area contributed by atoms with Crippen molar-refractivity contribution in [1.29, 1.82) is 0 Å². The van der Waals surface area contributed by atoms with Crippen molar-refractivity contribution in [2.45, 2.75) is 13.0 Å². The lowest BCUT2D eigenvalue weighted by Gasteiger charge is -2.08. The number of aromatic amines is 1. The molecule has 3 N–H and O–H groups in total. The summed E-state index contributed by atoms with van der Waals surface area (Å²) in [6.07, 6.45) is 0.959. The van der Waals surface area contributed by atoms with E-state index >= 15 is 0 Å². The number of pyridine rings is 1. The number of thiophene rings is 1. The van der Waals surface area contributed by atoms with Crippen molar-refractivity contribution in [3.05, 3.63) is 74.7 Å². The first-order valence-corrected chi connectivity index (χ1v) is 10.1. The van der Waals surface area contributed by atoms with Gasteiger partial charge in [-0.2, -0.15) is 0 Å². The molecule has 0 aliphatic rings. The lowest BCUT2D eigenvalue weighted by molar-refractivity contribution is 0.668. The van der Waals surface area contributed by atoms with Gasteiger partial charge in [-0.1, -0.05) is 29.8 Å².